The SMILES string of the molecule is Cc1cc2oc(=O)cc(C)c2cc1NC(=O)[C@@H]1C[C@@H](C)NC(=S)N1. The van der Waals surface area contributed by atoms with Crippen LogP contribution in [0.25, 0.3) is 11.0 Å². The lowest BCUT2D eigenvalue weighted by molar-refractivity contribution is -0.118. The summed E-state index contributed by atoms with van der Waals surface area (Å²) in [4.78, 5) is 24.0. The van der Waals surface area contributed by atoms with Gasteiger partial charge in [-0.2, -0.15) is 0 Å². The van der Waals surface area contributed by atoms with Crippen molar-refractivity contribution in [2.24, 2.45) is 0 Å². The summed E-state index contributed by atoms with van der Waals surface area (Å²) in [5, 5.41) is 10.3. The third-order valence-corrected chi connectivity index (χ3v) is 4.38. The molecule has 1 fully saturated rings. The average molecular weight is 345 g/mol. The molecule has 1 saturated heterocycles. The Morgan fingerprint density at radius 3 is 2.71 bits per heavy atom. The standard InChI is InChI=1S/C17H19N3O3S/c1-8-5-15(21)23-14-4-9(2)12(7-11(8)14)19-16(22)13-6-10(3)18-17(24)20-13/h4-5,7,10,13H,6H2,1-3H3,(H,19,22)(H2,18,20,24)/t10-,13+/m1/s1. The first kappa shape index (κ1) is 16.4. The van der Waals surface area contributed by atoms with Gasteiger partial charge in [0.2, 0.25) is 5.91 Å². The van der Waals surface area contributed by atoms with Gasteiger partial charge in [0.1, 0.15) is 11.6 Å². The third kappa shape index (κ3) is 3.26. The number of hydrogen-bond acceptors (Lipinski definition) is 4. The fourth-order valence-electron chi connectivity index (χ4n) is 2.89. The van der Waals surface area contributed by atoms with Crippen molar-refractivity contribution in [3.63, 3.8) is 0 Å². The molecule has 3 N–H and O–H groups in total. The second kappa shape index (κ2) is 6.24. The van der Waals surface area contributed by atoms with Crippen molar-refractivity contribution in [3.05, 3.63) is 39.7 Å². The number of fused-ring (bicyclic) bond motifs is 1. The molecule has 1 aromatic carbocycles. The van der Waals surface area contributed by atoms with Crippen LogP contribution in [0.1, 0.15) is 24.5 Å². The van der Waals surface area contributed by atoms with Gasteiger partial charge in [-0.15, -0.1) is 0 Å². The Hall–Kier alpha value is -2.41. The van der Waals surface area contributed by atoms with Crippen LogP contribution in [-0.4, -0.2) is 23.1 Å². The van der Waals surface area contributed by atoms with E-state index in [2.05, 4.69) is 16.0 Å². The van der Waals surface area contributed by atoms with Gasteiger partial charge in [-0.05, 0) is 62.7 Å². The van der Waals surface area contributed by atoms with Gasteiger partial charge in [-0.1, -0.05) is 0 Å². The Morgan fingerprint density at radius 1 is 1.25 bits per heavy atom. The number of aryl methyl sites for hydroxylation is 2. The first-order valence-corrected chi connectivity index (χ1v) is 8.17. The molecule has 3 rings (SSSR count). The zero-order chi connectivity index (χ0) is 17.4. The summed E-state index contributed by atoms with van der Waals surface area (Å²) in [6, 6.07) is 4.81. The highest BCUT2D eigenvalue weighted by Gasteiger charge is 2.27. The van der Waals surface area contributed by atoms with Gasteiger partial charge < -0.3 is 20.4 Å². The first-order chi connectivity index (χ1) is 11.3. The number of carbonyl (C=O) groups is 1. The quantitative estimate of drug-likeness (QED) is 0.570. The number of rotatable bonds is 2. The lowest BCUT2D eigenvalue weighted by atomic mass is 10.0. The molecule has 126 valence electrons. The molecule has 0 bridgehead atoms. The summed E-state index contributed by atoms with van der Waals surface area (Å²) in [7, 11) is 0. The van der Waals surface area contributed by atoms with Crippen LogP contribution in [0.3, 0.4) is 0 Å². The number of benzene rings is 1. The largest absolute Gasteiger partial charge is 0.423 e. The van der Waals surface area contributed by atoms with Crippen LogP contribution in [0.2, 0.25) is 0 Å². The Kier molecular flexibility index (Phi) is 4.28. The highest BCUT2D eigenvalue weighted by molar-refractivity contribution is 7.80. The maximum absolute atomic E-state index is 12.6. The van der Waals surface area contributed by atoms with E-state index in [1.54, 1.807) is 6.07 Å². The minimum Gasteiger partial charge on any atom is -0.423 e. The number of thiocarbonyl (C=S) groups is 1. The van der Waals surface area contributed by atoms with Gasteiger partial charge in [0, 0.05) is 23.2 Å². The maximum atomic E-state index is 12.6. The number of nitrogens with one attached hydrogen (secondary N) is 3. The Labute approximate surface area is 144 Å². The van der Waals surface area contributed by atoms with Crippen molar-refractivity contribution in [3.8, 4) is 0 Å². The van der Waals surface area contributed by atoms with Gasteiger partial charge in [0.15, 0.2) is 5.11 Å². The zero-order valence-electron chi connectivity index (χ0n) is 13.7. The third-order valence-electron chi connectivity index (χ3n) is 4.14. The van der Waals surface area contributed by atoms with E-state index in [1.165, 1.54) is 6.07 Å². The molecule has 2 atom stereocenters. The Morgan fingerprint density at radius 2 is 2.00 bits per heavy atom. The van der Waals surface area contributed by atoms with Crippen molar-refractivity contribution >= 4 is 39.9 Å². The van der Waals surface area contributed by atoms with Crippen LogP contribution >= 0.6 is 12.2 Å². The number of anilines is 1. The monoisotopic (exact) mass is 345 g/mol. The van der Waals surface area contributed by atoms with Crippen molar-refractivity contribution in [1.29, 1.82) is 0 Å². The van der Waals surface area contributed by atoms with E-state index >= 15 is 0 Å². The lowest BCUT2D eigenvalue weighted by Crippen LogP contribution is -2.57. The summed E-state index contributed by atoms with van der Waals surface area (Å²) in [5.41, 5.74) is 2.48. The number of hydrogen-bond donors (Lipinski definition) is 3. The minimum absolute atomic E-state index is 0.136. The molecular weight excluding hydrogens is 326 g/mol. The van der Waals surface area contributed by atoms with Gasteiger partial charge in [-0.25, -0.2) is 4.79 Å². The molecular formula is C17H19N3O3S. The predicted molar refractivity (Wildman–Crippen MR) is 97.3 cm³/mol. The Balaban J connectivity index is 1.89. The molecule has 0 unspecified atom stereocenters. The second-order valence-corrected chi connectivity index (χ2v) is 6.62. The van der Waals surface area contributed by atoms with Crippen molar-refractivity contribution < 1.29 is 9.21 Å². The molecule has 1 aromatic heterocycles. The molecule has 1 aliphatic rings. The van der Waals surface area contributed by atoms with E-state index in [1.807, 2.05) is 26.8 Å². The second-order valence-electron chi connectivity index (χ2n) is 6.21. The molecule has 1 amide bonds. The number of carbonyl (C=O) groups excluding carboxylic acids is 1. The van der Waals surface area contributed by atoms with Crippen molar-refractivity contribution in [1.82, 2.24) is 10.6 Å². The lowest BCUT2D eigenvalue weighted by Gasteiger charge is -2.30. The maximum Gasteiger partial charge on any atom is 0.336 e. The molecule has 1 aliphatic heterocycles. The number of amides is 1. The fourth-order valence-corrected chi connectivity index (χ4v) is 3.23. The first-order valence-electron chi connectivity index (χ1n) is 7.76. The molecule has 0 radical (unpaired) electrons. The molecule has 7 heteroatoms. The topological polar surface area (TPSA) is 83.4 Å². The summed E-state index contributed by atoms with van der Waals surface area (Å²) in [6.45, 7) is 5.69. The summed E-state index contributed by atoms with van der Waals surface area (Å²) >= 11 is 5.12. The smallest absolute Gasteiger partial charge is 0.336 e. The summed E-state index contributed by atoms with van der Waals surface area (Å²) in [6.07, 6.45) is 0.645. The molecule has 6 nitrogen and oxygen atoms in total. The predicted octanol–water partition coefficient (Wildman–Crippen LogP) is 1.97. The van der Waals surface area contributed by atoms with Gasteiger partial charge in [0.25, 0.3) is 0 Å². The normalized spacial score (nSPS) is 20.4. The average Bonchev–Trinajstić information content (AvgIpc) is 2.47. The van der Waals surface area contributed by atoms with Crippen LogP contribution in [0.4, 0.5) is 5.69 Å². The molecule has 0 spiro atoms. The van der Waals surface area contributed by atoms with E-state index in [-0.39, 0.29) is 23.6 Å². The van der Waals surface area contributed by atoms with Crippen LogP contribution < -0.4 is 21.6 Å². The van der Waals surface area contributed by atoms with Gasteiger partial charge in [-0.3, -0.25) is 4.79 Å². The van der Waals surface area contributed by atoms with Crippen LogP contribution in [0.15, 0.2) is 27.4 Å². The van der Waals surface area contributed by atoms with E-state index in [4.69, 9.17) is 16.6 Å². The molecule has 2 aromatic rings. The molecule has 24 heavy (non-hydrogen) atoms. The van der Waals surface area contributed by atoms with Crippen molar-refractivity contribution in [2.45, 2.75) is 39.3 Å². The van der Waals surface area contributed by atoms with Crippen molar-refractivity contribution in [2.75, 3.05) is 5.32 Å². The summed E-state index contributed by atoms with van der Waals surface area (Å²) < 4.78 is 5.22. The fraction of sp³-hybridized carbons (Fsp3) is 0.353. The molecule has 0 aliphatic carbocycles. The summed E-state index contributed by atoms with van der Waals surface area (Å²) in [5.74, 6) is -0.136. The van der Waals surface area contributed by atoms with Gasteiger partial charge in [0.05, 0.1) is 0 Å². The highest BCUT2D eigenvalue weighted by Crippen LogP contribution is 2.25. The molecule has 2 heterocycles. The van der Waals surface area contributed by atoms with E-state index < -0.39 is 0 Å². The molecule has 0 saturated carbocycles. The highest BCUT2D eigenvalue weighted by atomic mass is 32.1. The van der Waals surface area contributed by atoms with Crippen LogP contribution in [0.5, 0.6) is 0 Å². The van der Waals surface area contributed by atoms with Gasteiger partial charge >= 0.3 is 5.63 Å². The minimum atomic E-state index is -0.377. The van der Waals surface area contributed by atoms with Crippen LogP contribution in [0, 0.1) is 13.8 Å². The zero-order valence-corrected chi connectivity index (χ0v) is 14.5. The van der Waals surface area contributed by atoms with E-state index in [0.717, 1.165) is 16.5 Å². The van der Waals surface area contributed by atoms with E-state index in [9.17, 15) is 9.59 Å². The Bertz CT molecular complexity index is 891. The van der Waals surface area contributed by atoms with E-state index in [0.29, 0.717) is 22.8 Å². The van der Waals surface area contributed by atoms with Crippen LogP contribution in [-0.2, 0) is 4.79 Å².